The van der Waals surface area contributed by atoms with E-state index in [1.165, 1.54) is 0 Å². The van der Waals surface area contributed by atoms with Gasteiger partial charge >= 0.3 is 6.09 Å². The molecule has 1 atom stereocenters. The van der Waals surface area contributed by atoms with Crippen LogP contribution in [0.4, 0.5) is 13.6 Å². The molecule has 6 heteroatoms. The summed E-state index contributed by atoms with van der Waals surface area (Å²) in [6.45, 7) is -0.992. The van der Waals surface area contributed by atoms with Crippen molar-refractivity contribution in [3.63, 3.8) is 0 Å². The van der Waals surface area contributed by atoms with Gasteiger partial charge in [0.2, 0.25) is 0 Å². The van der Waals surface area contributed by atoms with Gasteiger partial charge in [0.1, 0.15) is 0 Å². The number of carbonyl (C=O) groups is 1. The van der Waals surface area contributed by atoms with E-state index in [2.05, 4.69) is 0 Å². The van der Waals surface area contributed by atoms with Crippen molar-refractivity contribution < 1.29 is 23.8 Å². The van der Waals surface area contributed by atoms with Crippen molar-refractivity contribution in [1.29, 1.82) is 0 Å². The Balaban J connectivity index is 2.43. The third-order valence-electron chi connectivity index (χ3n) is 2.35. The maximum atomic E-state index is 13.3. The lowest BCUT2D eigenvalue weighted by Crippen LogP contribution is -2.38. The summed E-state index contributed by atoms with van der Waals surface area (Å²) in [4.78, 5) is 10.1. The Labute approximate surface area is 103 Å². The molecular weight excluding hydrogens is 244 g/mol. The smallest absolute Gasteiger partial charge is 0.404 e. The van der Waals surface area contributed by atoms with Crippen LogP contribution < -0.4 is 5.32 Å². The predicted molar refractivity (Wildman–Crippen MR) is 61.7 cm³/mol. The van der Waals surface area contributed by atoms with Crippen molar-refractivity contribution in [2.75, 3.05) is 6.54 Å². The van der Waals surface area contributed by atoms with Gasteiger partial charge in [-0.15, -0.1) is 0 Å². The van der Waals surface area contributed by atoms with Gasteiger partial charge in [0.05, 0.1) is 12.6 Å². The topological polar surface area (TPSA) is 69.6 Å². The summed E-state index contributed by atoms with van der Waals surface area (Å²) >= 11 is 0. The molecule has 0 spiro atoms. The second-order valence-corrected chi connectivity index (χ2v) is 4.06. The zero-order valence-corrected chi connectivity index (χ0v) is 9.64. The molecule has 0 aromatic heterocycles. The predicted octanol–water partition coefficient (Wildman–Crippen LogP) is 1.88. The Bertz CT molecular complexity index is 384. The van der Waals surface area contributed by atoms with Gasteiger partial charge in [-0.3, -0.25) is 0 Å². The summed E-state index contributed by atoms with van der Waals surface area (Å²) in [6, 6.07) is 8.77. The highest BCUT2D eigenvalue weighted by Gasteiger charge is 2.32. The molecule has 1 rings (SSSR count). The number of carboxylic acid groups (broad SMARTS) is 1. The lowest BCUT2D eigenvalue weighted by atomic mass is 10.0. The summed E-state index contributed by atoms with van der Waals surface area (Å²) in [6.07, 6.45) is -3.38. The maximum absolute atomic E-state index is 13.3. The third kappa shape index (κ3) is 5.58. The van der Waals surface area contributed by atoms with Crippen LogP contribution >= 0.6 is 0 Å². The van der Waals surface area contributed by atoms with E-state index < -0.39 is 31.1 Å². The Kier molecular flexibility index (Phi) is 5.03. The molecule has 0 aliphatic rings. The molecule has 0 aliphatic carbocycles. The van der Waals surface area contributed by atoms with Gasteiger partial charge in [-0.2, -0.15) is 0 Å². The van der Waals surface area contributed by atoms with Crippen LogP contribution in [0.25, 0.3) is 0 Å². The molecule has 0 aliphatic heterocycles. The number of alkyl halides is 2. The number of aliphatic hydroxyl groups excluding tert-OH is 1. The van der Waals surface area contributed by atoms with Crippen LogP contribution in [0.5, 0.6) is 0 Å². The summed E-state index contributed by atoms with van der Waals surface area (Å²) in [5, 5.41) is 19.4. The molecule has 0 radical (unpaired) electrons. The van der Waals surface area contributed by atoms with E-state index in [0.717, 1.165) is 5.56 Å². The highest BCUT2D eigenvalue weighted by atomic mass is 19.3. The molecule has 100 valence electrons. The summed E-state index contributed by atoms with van der Waals surface area (Å²) in [5.41, 5.74) is 0.756. The molecule has 1 aromatic carbocycles. The number of nitrogens with one attached hydrogen (secondary N) is 1. The van der Waals surface area contributed by atoms with Gasteiger partial charge in [-0.05, 0) is 12.0 Å². The molecule has 0 heterocycles. The minimum Gasteiger partial charge on any atom is -0.465 e. The number of halogens is 2. The molecule has 1 amide bonds. The van der Waals surface area contributed by atoms with Crippen molar-refractivity contribution in [2.45, 2.75) is 24.9 Å². The highest BCUT2D eigenvalue weighted by Crippen LogP contribution is 2.21. The summed E-state index contributed by atoms with van der Waals surface area (Å²) < 4.78 is 26.5. The average molecular weight is 259 g/mol. The summed E-state index contributed by atoms with van der Waals surface area (Å²) in [5.74, 6) is -3.26. The lowest BCUT2D eigenvalue weighted by Gasteiger charge is -2.19. The molecule has 0 fully saturated rings. The molecule has 0 saturated carbocycles. The SMILES string of the molecule is O=C(O)NCC(F)(F)CC(O)Cc1ccccc1. The Hall–Kier alpha value is -1.69. The van der Waals surface area contributed by atoms with E-state index in [1.807, 2.05) is 0 Å². The molecule has 1 aromatic rings. The fraction of sp³-hybridized carbons (Fsp3) is 0.417. The molecule has 0 saturated heterocycles. The van der Waals surface area contributed by atoms with Gasteiger partial charge in [-0.25, -0.2) is 13.6 Å². The molecular formula is C12H15F2NO3. The third-order valence-corrected chi connectivity index (χ3v) is 2.35. The Morgan fingerprint density at radius 1 is 1.33 bits per heavy atom. The van der Waals surface area contributed by atoms with Crippen molar-refractivity contribution >= 4 is 6.09 Å². The molecule has 18 heavy (non-hydrogen) atoms. The largest absolute Gasteiger partial charge is 0.465 e. The van der Waals surface area contributed by atoms with Crippen LogP contribution in [-0.4, -0.2) is 34.9 Å². The fourth-order valence-electron chi connectivity index (χ4n) is 1.58. The summed E-state index contributed by atoms with van der Waals surface area (Å²) in [7, 11) is 0. The Morgan fingerprint density at radius 2 is 1.94 bits per heavy atom. The van der Waals surface area contributed by atoms with Crippen molar-refractivity contribution in [3.05, 3.63) is 35.9 Å². The van der Waals surface area contributed by atoms with Gasteiger partial charge in [-0.1, -0.05) is 30.3 Å². The van der Waals surface area contributed by atoms with Gasteiger partial charge < -0.3 is 15.5 Å². The quantitative estimate of drug-likeness (QED) is 0.730. The molecule has 1 unspecified atom stereocenters. The first-order valence-corrected chi connectivity index (χ1v) is 5.46. The van der Waals surface area contributed by atoms with Gasteiger partial charge in [0.25, 0.3) is 5.92 Å². The average Bonchev–Trinajstić information content (AvgIpc) is 2.27. The van der Waals surface area contributed by atoms with Crippen LogP contribution in [0.2, 0.25) is 0 Å². The second-order valence-electron chi connectivity index (χ2n) is 4.06. The van der Waals surface area contributed by atoms with Crippen LogP contribution in [0, 0.1) is 0 Å². The number of rotatable bonds is 6. The minimum atomic E-state index is -3.26. The van der Waals surface area contributed by atoms with E-state index in [4.69, 9.17) is 5.11 Å². The van der Waals surface area contributed by atoms with Crippen molar-refractivity contribution in [1.82, 2.24) is 5.32 Å². The first-order valence-electron chi connectivity index (χ1n) is 5.46. The minimum absolute atomic E-state index is 0.115. The first kappa shape index (κ1) is 14.4. The number of benzene rings is 1. The van der Waals surface area contributed by atoms with Crippen LogP contribution in [0.3, 0.4) is 0 Å². The number of aliphatic hydroxyl groups is 1. The second kappa shape index (κ2) is 6.30. The van der Waals surface area contributed by atoms with E-state index in [9.17, 15) is 18.7 Å². The maximum Gasteiger partial charge on any atom is 0.404 e. The number of amides is 1. The van der Waals surface area contributed by atoms with Gasteiger partial charge in [0.15, 0.2) is 0 Å². The molecule has 0 bridgehead atoms. The van der Waals surface area contributed by atoms with Crippen LogP contribution in [0.15, 0.2) is 30.3 Å². The van der Waals surface area contributed by atoms with Crippen molar-refractivity contribution in [2.24, 2.45) is 0 Å². The first-order chi connectivity index (χ1) is 8.39. The zero-order valence-electron chi connectivity index (χ0n) is 9.64. The Morgan fingerprint density at radius 3 is 2.50 bits per heavy atom. The highest BCUT2D eigenvalue weighted by molar-refractivity contribution is 5.64. The van der Waals surface area contributed by atoms with Crippen LogP contribution in [-0.2, 0) is 6.42 Å². The van der Waals surface area contributed by atoms with Crippen molar-refractivity contribution in [3.8, 4) is 0 Å². The lowest BCUT2D eigenvalue weighted by molar-refractivity contribution is -0.0410. The molecule has 4 nitrogen and oxygen atoms in total. The number of hydrogen-bond acceptors (Lipinski definition) is 2. The normalized spacial score (nSPS) is 13.1. The van der Waals surface area contributed by atoms with E-state index >= 15 is 0 Å². The van der Waals surface area contributed by atoms with E-state index in [-0.39, 0.29) is 6.42 Å². The van der Waals surface area contributed by atoms with E-state index in [0.29, 0.717) is 0 Å². The monoisotopic (exact) mass is 259 g/mol. The fourth-order valence-corrected chi connectivity index (χ4v) is 1.58. The zero-order chi connectivity index (χ0) is 13.6. The van der Waals surface area contributed by atoms with Gasteiger partial charge in [0, 0.05) is 6.42 Å². The standard InChI is InChI=1S/C12H15F2NO3/c13-12(14,8-15-11(17)18)7-10(16)6-9-4-2-1-3-5-9/h1-5,10,15-16H,6-8H2,(H,17,18). The molecule has 3 N–H and O–H groups in total. The van der Waals surface area contributed by atoms with E-state index in [1.54, 1.807) is 35.6 Å². The van der Waals surface area contributed by atoms with Crippen LogP contribution in [0.1, 0.15) is 12.0 Å². The number of hydrogen-bond donors (Lipinski definition) is 3.